The van der Waals surface area contributed by atoms with Crippen molar-refractivity contribution in [2.75, 3.05) is 6.35 Å². The number of nitrogens with zero attached hydrogens (tertiary/aromatic N) is 1. The van der Waals surface area contributed by atoms with E-state index < -0.39 is 19.3 Å². The van der Waals surface area contributed by atoms with Gasteiger partial charge in [0.25, 0.3) is 0 Å². The van der Waals surface area contributed by atoms with Crippen LogP contribution < -0.4 is 9.83 Å². The van der Waals surface area contributed by atoms with Crippen molar-refractivity contribution in [3.8, 4) is 22.9 Å². The molecule has 0 saturated heterocycles. The average molecular weight is 488 g/mol. The van der Waals surface area contributed by atoms with Crippen molar-refractivity contribution < 1.29 is 18.6 Å². The Hall–Kier alpha value is -3.35. The third kappa shape index (κ3) is 5.50. The van der Waals surface area contributed by atoms with E-state index in [1.54, 1.807) is 19.1 Å². The Labute approximate surface area is 207 Å². The van der Waals surface area contributed by atoms with Crippen LogP contribution in [-0.2, 0) is 14.1 Å². The number of hydrogen-bond acceptors (Lipinski definition) is 5. The fraction of sp³-hybridized carbons (Fsp3) is 0.310. The van der Waals surface area contributed by atoms with E-state index >= 15 is 0 Å². The Kier molecular flexibility index (Phi) is 7.73. The Morgan fingerprint density at radius 2 is 1.63 bits per heavy atom. The fourth-order valence-corrected chi connectivity index (χ4v) is 6.63. The summed E-state index contributed by atoms with van der Waals surface area (Å²) in [4.78, 5) is 12.9. The van der Waals surface area contributed by atoms with Gasteiger partial charge in [0, 0.05) is 11.5 Å². The minimum atomic E-state index is -3.45. The number of benzene rings is 3. The number of rotatable bonds is 9. The number of hydrogen-bond donors (Lipinski definition) is 0. The molecule has 1 heterocycles. The van der Waals surface area contributed by atoms with E-state index in [-0.39, 0.29) is 18.2 Å². The van der Waals surface area contributed by atoms with Crippen molar-refractivity contribution in [3.05, 3.63) is 84.4 Å². The van der Waals surface area contributed by atoms with Crippen molar-refractivity contribution in [2.24, 2.45) is 11.8 Å². The van der Waals surface area contributed by atoms with Crippen molar-refractivity contribution in [3.63, 3.8) is 0 Å². The average Bonchev–Trinajstić information content (AvgIpc) is 2.90. The van der Waals surface area contributed by atoms with Gasteiger partial charge in [-0.25, -0.2) is 0 Å². The van der Waals surface area contributed by atoms with Crippen LogP contribution in [0.5, 0.6) is 5.75 Å². The van der Waals surface area contributed by atoms with E-state index in [9.17, 15) is 14.6 Å². The highest BCUT2D eigenvalue weighted by molar-refractivity contribution is 7.67. The zero-order valence-corrected chi connectivity index (χ0v) is 21.0. The molecular weight excluding hydrogens is 457 g/mol. The van der Waals surface area contributed by atoms with Gasteiger partial charge in [-0.1, -0.05) is 80.6 Å². The first-order valence-corrected chi connectivity index (χ1v) is 13.8. The summed E-state index contributed by atoms with van der Waals surface area (Å²) >= 11 is 0. The molecule has 0 bridgehead atoms. The molecule has 4 rings (SSSR count). The summed E-state index contributed by atoms with van der Waals surface area (Å²) in [6, 6.07) is 27.3. The summed E-state index contributed by atoms with van der Waals surface area (Å²) in [5.41, 5.74) is 2.91. The highest BCUT2D eigenvalue weighted by Gasteiger charge is 2.37. The highest BCUT2D eigenvalue weighted by atomic mass is 31.2. The fourth-order valence-electron chi connectivity index (χ4n) is 4.69. The third-order valence-corrected chi connectivity index (χ3v) is 8.71. The summed E-state index contributed by atoms with van der Waals surface area (Å²) in [6.07, 6.45) is 1.66. The van der Waals surface area contributed by atoms with Crippen LogP contribution in [0.25, 0.3) is 11.1 Å². The van der Waals surface area contributed by atoms with Crippen molar-refractivity contribution in [1.29, 1.82) is 5.26 Å². The van der Waals surface area contributed by atoms with Crippen LogP contribution in [0.4, 0.5) is 0 Å². The van der Waals surface area contributed by atoms with Gasteiger partial charge in [-0.2, -0.15) is 5.26 Å². The number of esters is 1. The molecule has 1 aliphatic heterocycles. The number of fused-ring (bicyclic) bond motifs is 3. The van der Waals surface area contributed by atoms with Crippen molar-refractivity contribution >= 4 is 18.6 Å². The number of carbonyl (C=O) groups is 1. The second-order valence-electron chi connectivity index (χ2n) is 9.08. The van der Waals surface area contributed by atoms with Crippen LogP contribution in [-0.4, -0.2) is 12.3 Å². The largest absolute Gasteiger partial charge is 0.454 e. The van der Waals surface area contributed by atoms with Gasteiger partial charge in [0.05, 0.1) is 17.3 Å². The maximum Gasteiger partial charge on any atom is 0.314 e. The van der Waals surface area contributed by atoms with E-state index in [4.69, 9.17) is 9.26 Å². The molecule has 0 saturated carbocycles. The smallest absolute Gasteiger partial charge is 0.314 e. The molecule has 0 aliphatic carbocycles. The van der Waals surface area contributed by atoms with Gasteiger partial charge in [-0.05, 0) is 48.4 Å². The van der Waals surface area contributed by atoms with Gasteiger partial charge >= 0.3 is 13.3 Å². The molecule has 180 valence electrons. The third-order valence-electron chi connectivity index (χ3n) is 6.63. The van der Waals surface area contributed by atoms with Crippen molar-refractivity contribution in [1.82, 2.24) is 0 Å². The number of ether oxygens (including phenoxy) is 1. The van der Waals surface area contributed by atoms with Crippen LogP contribution in [0.1, 0.15) is 44.6 Å². The summed E-state index contributed by atoms with van der Waals surface area (Å²) < 4.78 is 25.3. The first-order chi connectivity index (χ1) is 16.9. The van der Waals surface area contributed by atoms with E-state index in [1.807, 2.05) is 54.6 Å². The quantitative estimate of drug-likeness (QED) is 0.242. The Balaban J connectivity index is 1.41. The second-order valence-corrected chi connectivity index (χ2v) is 11.4. The second kappa shape index (κ2) is 10.9. The molecule has 0 radical (unpaired) electrons. The van der Waals surface area contributed by atoms with Gasteiger partial charge in [0.2, 0.25) is 0 Å². The first kappa shape index (κ1) is 24.8. The highest BCUT2D eigenvalue weighted by Crippen LogP contribution is 2.54. The summed E-state index contributed by atoms with van der Waals surface area (Å²) in [6.45, 7) is 3.87. The number of carbonyl (C=O) groups excluding carboxylic acids is 1. The predicted octanol–water partition coefficient (Wildman–Crippen LogP) is 6.90. The lowest BCUT2D eigenvalue weighted by Crippen LogP contribution is -2.24. The lowest BCUT2D eigenvalue weighted by molar-refractivity contribution is -0.146. The van der Waals surface area contributed by atoms with Gasteiger partial charge in [-0.15, -0.1) is 0 Å². The van der Waals surface area contributed by atoms with E-state index in [2.05, 4.69) is 25.1 Å². The lowest BCUT2D eigenvalue weighted by atomic mass is 9.84. The Morgan fingerprint density at radius 3 is 2.34 bits per heavy atom. The van der Waals surface area contributed by atoms with Crippen LogP contribution in [0.2, 0.25) is 0 Å². The molecular formula is C29H30NO4P. The lowest BCUT2D eigenvalue weighted by Gasteiger charge is -2.28. The Morgan fingerprint density at radius 1 is 0.971 bits per heavy atom. The van der Waals surface area contributed by atoms with Crippen LogP contribution in [0.15, 0.2) is 78.9 Å². The molecule has 0 N–H and O–H groups in total. The molecule has 6 heteroatoms. The molecule has 0 fully saturated rings. The summed E-state index contributed by atoms with van der Waals surface area (Å²) in [7, 11) is -3.45. The van der Waals surface area contributed by atoms with Gasteiger partial charge < -0.3 is 9.26 Å². The first-order valence-electron chi connectivity index (χ1n) is 12.0. The topological polar surface area (TPSA) is 76.4 Å². The van der Waals surface area contributed by atoms with Gasteiger partial charge in [0.1, 0.15) is 5.75 Å². The maximum atomic E-state index is 13.8. The van der Waals surface area contributed by atoms with Crippen molar-refractivity contribution in [2.45, 2.75) is 39.0 Å². The molecule has 5 nitrogen and oxygen atoms in total. The van der Waals surface area contributed by atoms with Crippen LogP contribution in [0.3, 0.4) is 0 Å². The van der Waals surface area contributed by atoms with Crippen LogP contribution >= 0.6 is 7.37 Å². The van der Waals surface area contributed by atoms with Gasteiger partial charge in [-0.3, -0.25) is 9.36 Å². The SMILES string of the molecule is CCC(CC(C#N)CC(C)C(=O)OCP1(=O)Oc2ccccc2-c2ccccc21)c1ccccc1. The monoisotopic (exact) mass is 487 g/mol. The molecule has 0 amide bonds. The molecule has 0 spiro atoms. The van der Waals surface area contributed by atoms with Gasteiger partial charge in [0.15, 0.2) is 6.35 Å². The number of para-hydroxylation sites is 1. The van der Waals surface area contributed by atoms with E-state index in [0.717, 1.165) is 17.5 Å². The molecule has 35 heavy (non-hydrogen) atoms. The van der Waals surface area contributed by atoms with Crippen LogP contribution in [0, 0.1) is 23.2 Å². The molecule has 1 aliphatic rings. The predicted molar refractivity (Wildman–Crippen MR) is 138 cm³/mol. The minimum Gasteiger partial charge on any atom is -0.454 e. The van der Waals surface area contributed by atoms with E-state index in [0.29, 0.717) is 23.9 Å². The number of nitriles is 1. The molecule has 3 aromatic carbocycles. The summed E-state index contributed by atoms with van der Waals surface area (Å²) in [5.74, 6) is -0.459. The molecule has 4 unspecified atom stereocenters. The minimum absolute atomic E-state index is 0.257. The molecule has 4 atom stereocenters. The zero-order valence-electron chi connectivity index (χ0n) is 20.1. The molecule has 3 aromatic rings. The molecule has 0 aromatic heterocycles. The Bertz CT molecular complexity index is 1270. The normalized spacial score (nSPS) is 18.7. The summed E-state index contributed by atoms with van der Waals surface area (Å²) in [5, 5.41) is 10.3. The maximum absolute atomic E-state index is 13.8. The standard InChI is InChI=1S/C29H30NO4P/c1-3-23(24-11-5-4-6-12-24)18-22(19-30)17-21(2)29(31)33-20-35(32)28-16-10-8-14-26(28)25-13-7-9-15-27(25)34-35/h4-16,21-23H,3,17-18,20H2,1-2H3. The van der Waals surface area contributed by atoms with E-state index in [1.165, 1.54) is 5.56 Å². The zero-order chi connectivity index (χ0) is 24.8.